The first-order chi connectivity index (χ1) is 8.76. The average molecular weight is 285 g/mol. The number of rotatable bonds is 3. The summed E-state index contributed by atoms with van der Waals surface area (Å²) in [5, 5.41) is 0. The number of carbonyl (C=O) groups excluding carboxylic acids is 1. The summed E-state index contributed by atoms with van der Waals surface area (Å²) in [7, 11) is 1.60. The van der Waals surface area contributed by atoms with Gasteiger partial charge < -0.3 is 15.4 Å². The van der Waals surface area contributed by atoms with E-state index in [9.17, 15) is 4.79 Å². The van der Waals surface area contributed by atoms with Crippen molar-refractivity contribution in [2.24, 2.45) is 5.73 Å². The summed E-state index contributed by atoms with van der Waals surface area (Å²) in [6.45, 7) is 1.34. The monoisotopic (exact) mass is 284 g/mol. The van der Waals surface area contributed by atoms with E-state index in [0.717, 1.165) is 25.8 Å². The van der Waals surface area contributed by atoms with Crippen LogP contribution >= 0.6 is 12.4 Å². The summed E-state index contributed by atoms with van der Waals surface area (Å²) in [4.78, 5) is 14.4. The lowest BCUT2D eigenvalue weighted by Crippen LogP contribution is -2.47. The fourth-order valence-corrected chi connectivity index (χ4v) is 2.43. The molecular formula is C14H21ClN2O2. The Kier molecular flexibility index (Phi) is 6.12. The lowest BCUT2D eigenvalue weighted by atomic mass is 10.0. The molecule has 1 aliphatic heterocycles. The molecule has 1 heterocycles. The quantitative estimate of drug-likeness (QED) is 0.924. The first-order valence-corrected chi connectivity index (χ1v) is 6.41. The van der Waals surface area contributed by atoms with Gasteiger partial charge in [-0.25, -0.2) is 0 Å². The second-order valence-electron chi connectivity index (χ2n) is 4.62. The number of piperidine rings is 1. The highest BCUT2D eigenvalue weighted by Crippen LogP contribution is 2.21. The van der Waals surface area contributed by atoms with Crippen LogP contribution in [0.4, 0.5) is 0 Å². The normalized spacial score (nSPS) is 18.6. The number of ether oxygens (including phenoxy) is 1. The van der Waals surface area contributed by atoms with Gasteiger partial charge in [0.05, 0.1) is 7.11 Å². The van der Waals surface area contributed by atoms with Gasteiger partial charge in [0.15, 0.2) is 0 Å². The van der Waals surface area contributed by atoms with E-state index in [0.29, 0.717) is 17.9 Å². The number of methoxy groups -OCH3 is 1. The van der Waals surface area contributed by atoms with Crippen molar-refractivity contribution in [2.45, 2.75) is 25.3 Å². The van der Waals surface area contributed by atoms with Crippen LogP contribution in [0, 0.1) is 0 Å². The van der Waals surface area contributed by atoms with Crippen molar-refractivity contribution < 1.29 is 9.53 Å². The highest BCUT2D eigenvalue weighted by atomic mass is 35.5. The Balaban J connectivity index is 0.00000180. The Hall–Kier alpha value is -1.26. The third-order valence-electron chi connectivity index (χ3n) is 3.48. The number of hydrogen-bond donors (Lipinski definition) is 1. The molecule has 1 fully saturated rings. The fourth-order valence-electron chi connectivity index (χ4n) is 2.43. The van der Waals surface area contributed by atoms with E-state index in [4.69, 9.17) is 10.5 Å². The first-order valence-electron chi connectivity index (χ1n) is 6.41. The van der Waals surface area contributed by atoms with Gasteiger partial charge in [-0.05, 0) is 37.5 Å². The minimum Gasteiger partial charge on any atom is -0.497 e. The smallest absolute Gasteiger partial charge is 0.254 e. The van der Waals surface area contributed by atoms with Crippen LogP contribution in [0.2, 0.25) is 0 Å². The third kappa shape index (κ3) is 3.61. The molecular weight excluding hydrogens is 264 g/mol. The second-order valence-corrected chi connectivity index (χ2v) is 4.62. The Labute approximate surface area is 120 Å². The van der Waals surface area contributed by atoms with E-state index in [1.54, 1.807) is 13.2 Å². The van der Waals surface area contributed by atoms with Crippen molar-refractivity contribution in [3.8, 4) is 5.75 Å². The van der Waals surface area contributed by atoms with E-state index < -0.39 is 0 Å². The summed E-state index contributed by atoms with van der Waals surface area (Å²) >= 11 is 0. The number of hydrogen-bond acceptors (Lipinski definition) is 3. The Morgan fingerprint density at radius 3 is 2.95 bits per heavy atom. The molecule has 1 unspecified atom stereocenters. The maximum atomic E-state index is 12.5. The molecule has 0 spiro atoms. The van der Waals surface area contributed by atoms with Crippen LogP contribution in [0.5, 0.6) is 5.75 Å². The van der Waals surface area contributed by atoms with Gasteiger partial charge in [0.2, 0.25) is 0 Å². The van der Waals surface area contributed by atoms with Crippen LogP contribution in [0.1, 0.15) is 29.6 Å². The topological polar surface area (TPSA) is 55.6 Å². The summed E-state index contributed by atoms with van der Waals surface area (Å²) in [6, 6.07) is 7.47. The molecule has 5 heteroatoms. The lowest BCUT2D eigenvalue weighted by molar-refractivity contribution is 0.0623. The van der Waals surface area contributed by atoms with E-state index in [2.05, 4.69) is 0 Å². The molecule has 1 aromatic carbocycles. The van der Waals surface area contributed by atoms with Gasteiger partial charge in [0.1, 0.15) is 5.75 Å². The van der Waals surface area contributed by atoms with Crippen LogP contribution < -0.4 is 10.5 Å². The predicted octanol–water partition coefficient (Wildman–Crippen LogP) is 2.07. The number of amides is 1. The Morgan fingerprint density at radius 1 is 1.47 bits per heavy atom. The molecule has 2 rings (SSSR count). The summed E-state index contributed by atoms with van der Waals surface area (Å²) < 4.78 is 5.15. The van der Waals surface area contributed by atoms with E-state index in [1.165, 1.54) is 0 Å². The standard InChI is InChI=1S/C14H20N2O2.ClH/c1-18-13-7-4-5-11(9-13)14(17)16-8-3-2-6-12(16)10-15;/h4-5,7,9,12H,2-3,6,8,10,15H2,1H3;1H. The summed E-state index contributed by atoms with van der Waals surface area (Å²) in [6.07, 6.45) is 3.22. The molecule has 0 radical (unpaired) electrons. The summed E-state index contributed by atoms with van der Waals surface area (Å²) in [5.41, 5.74) is 6.42. The van der Waals surface area contributed by atoms with Gasteiger partial charge in [-0.1, -0.05) is 6.07 Å². The molecule has 19 heavy (non-hydrogen) atoms. The average Bonchev–Trinajstić information content (AvgIpc) is 2.46. The molecule has 1 atom stereocenters. The number of nitrogens with zero attached hydrogens (tertiary/aromatic N) is 1. The highest BCUT2D eigenvalue weighted by Gasteiger charge is 2.26. The largest absolute Gasteiger partial charge is 0.497 e. The van der Waals surface area contributed by atoms with Gasteiger partial charge >= 0.3 is 0 Å². The molecule has 0 saturated carbocycles. The first kappa shape index (κ1) is 15.8. The number of halogens is 1. The molecule has 0 aliphatic carbocycles. The minimum atomic E-state index is 0. The minimum absolute atomic E-state index is 0. The number of carbonyl (C=O) groups is 1. The number of benzene rings is 1. The van der Waals surface area contributed by atoms with Gasteiger partial charge in [-0.2, -0.15) is 0 Å². The van der Waals surface area contributed by atoms with Crippen LogP contribution in [-0.4, -0.2) is 37.0 Å². The molecule has 106 valence electrons. The fraction of sp³-hybridized carbons (Fsp3) is 0.500. The molecule has 2 N–H and O–H groups in total. The molecule has 0 aromatic heterocycles. The maximum absolute atomic E-state index is 12.5. The van der Waals surface area contributed by atoms with Crippen molar-refractivity contribution in [3.63, 3.8) is 0 Å². The van der Waals surface area contributed by atoms with E-state index >= 15 is 0 Å². The molecule has 1 aromatic rings. The Morgan fingerprint density at radius 2 is 2.26 bits per heavy atom. The zero-order chi connectivity index (χ0) is 13.0. The zero-order valence-electron chi connectivity index (χ0n) is 11.2. The van der Waals surface area contributed by atoms with Crippen LogP contribution in [0.3, 0.4) is 0 Å². The van der Waals surface area contributed by atoms with Crippen LogP contribution in [0.25, 0.3) is 0 Å². The van der Waals surface area contributed by atoms with Crippen molar-refractivity contribution >= 4 is 18.3 Å². The predicted molar refractivity (Wildman–Crippen MR) is 78.0 cm³/mol. The van der Waals surface area contributed by atoms with Crippen LogP contribution in [0.15, 0.2) is 24.3 Å². The van der Waals surface area contributed by atoms with Gasteiger partial charge in [-0.3, -0.25) is 4.79 Å². The molecule has 1 aliphatic rings. The van der Waals surface area contributed by atoms with Crippen molar-refractivity contribution in [1.29, 1.82) is 0 Å². The molecule has 4 nitrogen and oxygen atoms in total. The van der Waals surface area contributed by atoms with E-state index in [1.807, 2.05) is 23.1 Å². The second kappa shape index (κ2) is 7.36. The Bertz CT molecular complexity index is 426. The lowest BCUT2D eigenvalue weighted by Gasteiger charge is -2.35. The van der Waals surface area contributed by atoms with Crippen molar-refractivity contribution in [2.75, 3.05) is 20.2 Å². The SMILES string of the molecule is COc1cccc(C(=O)N2CCCCC2CN)c1.Cl. The van der Waals surface area contributed by atoms with Crippen molar-refractivity contribution in [1.82, 2.24) is 4.90 Å². The van der Waals surface area contributed by atoms with Crippen molar-refractivity contribution in [3.05, 3.63) is 29.8 Å². The number of nitrogens with two attached hydrogens (primary N) is 1. The summed E-state index contributed by atoms with van der Waals surface area (Å²) in [5.74, 6) is 0.770. The van der Waals surface area contributed by atoms with Gasteiger partial charge in [-0.15, -0.1) is 12.4 Å². The zero-order valence-corrected chi connectivity index (χ0v) is 12.0. The van der Waals surface area contributed by atoms with Gasteiger partial charge in [0, 0.05) is 24.7 Å². The molecule has 1 amide bonds. The molecule has 0 bridgehead atoms. The third-order valence-corrected chi connectivity index (χ3v) is 3.48. The van der Waals surface area contributed by atoms with E-state index in [-0.39, 0.29) is 24.4 Å². The highest BCUT2D eigenvalue weighted by molar-refractivity contribution is 5.94. The van der Waals surface area contributed by atoms with Crippen LogP contribution in [-0.2, 0) is 0 Å². The van der Waals surface area contributed by atoms with Gasteiger partial charge in [0.25, 0.3) is 5.91 Å². The number of likely N-dealkylation sites (tertiary alicyclic amines) is 1. The maximum Gasteiger partial charge on any atom is 0.254 e. The molecule has 1 saturated heterocycles.